The summed E-state index contributed by atoms with van der Waals surface area (Å²) in [6.45, 7) is 6.00. The first-order chi connectivity index (χ1) is 13.7. The number of nitrogens with one attached hydrogen (secondary N) is 1. The molecule has 0 bridgehead atoms. The molecular weight excluding hydrogens is 372 g/mol. The standard InChI is InChI=1S/C21H26N4O2S/c26-20(16-24-12-10-23(11-13-24)15-19-3-2-14-28-19)22-17-5-7-18(8-6-17)25-9-1-4-21(25)27/h2-3,5-8,14H,1,4,9-13,15-16H2,(H,22,26). The zero-order valence-corrected chi connectivity index (χ0v) is 16.8. The highest BCUT2D eigenvalue weighted by Gasteiger charge is 2.22. The van der Waals surface area contributed by atoms with Crippen molar-refractivity contribution in [2.45, 2.75) is 19.4 Å². The fraction of sp³-hybridized carbons (Fsp3) is 0.429. The van der Waals surface area contributed by atoms with Gasteiger partial charge in [-0.05, 0) is 42.1 Å². The molecule has 2 aromatic rings. The lowest BCUT2D eigenvalue weighted by atomic mass is 10.2. The first-order valence-electron chi connectivity index (χ1n) is 9.85. The summed E-state index contributed by atoms with van der Waals surface area (Å²) in [4.78, 5) is 32.1. The molecule has 0 radical (unpaired) electrons. The Morgan fingerprint density at radius 2 is 1.75 bits per heavy atom. The van der Waals surface area contributed by atoms with Gasteiger partial charge in [-0.3, -0.25) is 19.4 Å². The quantitative estimate of drug-likeness (QED) is 0.813. The van der Waals surface area contributed by atoms with Gasteiger partial charge < -0.3 is 10.2 Å². The number of amides is 2. The number of rotatable bonds is 6. The second-order valence-corrected chi connectivity index (χ2v) is 8.41. The van der Waals surface area contributed by atoms with Gasteiger partial charge in [0.05, 0.1) is 6.54 Å². The van der Waals surface area contributed by atoms with Crippen molar-refractivity contribution in [3.63, 3.8) is 0 Å². The first-order valence-corrected chi connectivity index (χ1v) is 10.7. The summed E-state index contributed by atoms with van der Waals surface area (Å²) in [5, 5.41) is 5.09. The van der Waals surface area contributed by atoms with Gasteiger partial charge in [-0.25, -0.2) is 0 Å². The van der Waals surface area contributed by atoms with Crippen molar-refractivity contribution in [1.29, 1.82) is 0 Å². The Hall–Kier alpha value is -2.22. The van der Waals surface area contributed by atoms with E-state index in [0.29, 0.717) is 13.0 Å². The Balaban J connectivity index is 1.22. The van der Waals surface area contributed by atoms with Crippen molar-refractivity contribution in [3.8, 4) is 0 Å². The number of hydrogen-bond acceptors (Lipinski definition) is 5. The van der Waals surface area contributed by atoms with E-state index in [1.165, 1.54) is 4.88 Å². The molecule has 2 saturated heterocycles. The minimum atomic E-state index is 0.0108. The zero-order valence-electron chi connectivity index (χ0n) is 16.0. The Bertz CT molecular complexity index is 798. The van der Waals surface area contributed by atoms with E-state index in [9.17, 15) is 9.59 Å². The van der Waals surface area contributed by atoms with E-state index >= 15 is 0 Å². The number of piperazine rings is 1. The molecule has 2 aliphatic heterocycles. The van der Waals surface area contributed by atoms with Crippen LogP contribution in [-0.2, 0) is 16.1 Å². The van der Waals surface area contributed by atoms with Crippen LogP contribution in [0.15, 0.2) is 41.8 Å². The van der Waals surface area contributed by atoms with E-state index in [-0.39, 0.29) is 11.8 Å². The average Bonchev–Trinajstić information content (AvgIpc) is 3.36. The molecule has 4 rings (SSSR count). The number of benzene rings is 1. The summed E-state index contributed by atoms with van der Waals surface area (Å²) in [5.41, 5.74) is 1.68. The summed E-state index contributed by atoms with van der Waals surface area (Å²) >= 11 is 1.80. The molecule has 0 spiro atoms. The molecule has 2 aliphatic rings. The molecule has 0 aliphatic carbocycles. The highest BCUT2D eigenvalue weighted by Crippen LogP contribution is 2.23. The van der Waals surface area contributed by atoms with Crippen LogP contribution in [0.3, 0.4) is 0 Å². The van der Waals surface area contributed by atoms with Gasteiger partial charge in [0, 0.05) is 61.9 Å². The normalized spacial score (nSPS) is 18.6. The van der Waals surface area contributed by atoms with Gasteiger partial charge in [0.25, 0.3) is 0 Å². The van der Waals surface area contributed by atoms with E-state index in [1.54, 1.807) is 16.2 Å². The van der Waals surface area contributed by atoms with Crippen molar-refractivity contribution in [1.82, 2.24) is 9.80 Å². The fourth-order valence-corrected chi connectivity index (χ4v) is 4.52. The molecule has 2 amide bonds. The van der Waals surface area contributed by atoms with Crippen LogP contribution in [0.2, 0.25) is 0 Å². The van der Waals surface area contributed by atoms with Gasteiger partial charge in [0.1, 0.15) is 0 Å². The maximum Gasteiger partial charge on any atom is 0.238 e. The maximum absolute atomic E-state index is 12.4. The Kier molecular flexibility index (Phi) is 6.04. The SMILES string of the molecule is O=C(CN1CCN(Cc2cccs2)CC1)Nc1ccc(N2CCCC2=O)cc1. The van der Waals surface area contributed by atoms with E-state index in [0.717, 1.165) is 57.1 Å². The average molecular weight is 399 g/mol. The minimum Gasteiger partial charge on any atom is -0.325 e. The number of carbonyl (C=O) groups is 2. The van der Waals surface area contributed by atoms with Crippen molar-refractivity contribution in [2.75, 3.05) is 49.5 Å². The van der Waals surface area contributed by atoms with Gasteiger partial charge in [-0.15, -0.1) is 11.3 Å². The Morgan fingerprint density at radius 1 is 1.00 bits per heavy atom. The van der Waals surface area contributed by atoms with Crippen molar-refractivity contribution in [2.24, 2.45) is 0 Å². The smallest absolute Gasteiger partial charge is 0.238 e. The van der Waals surface area contributed by atoms with Crippen LogP contribution in [0.25, 0.3) is 0 Å². The third-order valence-corrected chi connectivity index (χ3v) is 6.19. The lowest BCUT2D eigenvalue weighted by molar-refractivity contribution is -0.118. The molecule has 28 heavy (non-hydrogen) atoms. The van der Waals surface area contributed by atoms with Gasteiger partial charge in [-0.1, -0.05) is 6.07 Å². The van der Waals surface area contributed by atoms with Gasteiger partial charge in [0.15, 0.2) is 0 Å². The molecule has 3 heterocycles. The topological polar surface area (TPSA) is 55.9 Å². The van der Waals surface area contributed by atoms with Crippen LogP contribution in [0, 0.1) is 0 Å². The lowest BCUT2D eigenvalue weighted by Crippen LogP contribution is -2.48. The number of carbonyl (C=O) groups excluding carboxylic acids is 2. The predicted octanol–water partition coefficient (Wildman–Crippen LogP) is 2.63. The number of hydrogen-bond donors (Lipinski definition) is 1. The predicted molar refractivity (Wildman–Crippen MR) is 113 cm³/mol. The largest absolute Gasteiger partial charge is 0.325 e. The molecule has 1 aromatic carbocycles. The molecule has 1 N–H and O–H groups in total. The van der Waals surface area contributed by atoms with Crippen molar-refractivity contribution >= 4 is 34.5 Å². The monoisotopic (exact) mass is 398 g/mol. The molecule has 7 heteroatoms. The number of nitrogens with zero attached hydrogens (tertiary/aromatic N) is 3. The zero-order chi connectivity index (χ0) is 19.3. The van der Waals surface area contributed by atoms with E-state index < -0.39 is 0 Å². The summed E-state index contributed by atoms with van der Waals surface area (Å²) in [7, 11) is 0. The van der Waals surface area contributed by atoms with Crippen LogP contribution in [-0.4, -0.2) is 60.9 Å². The molecule has 6 nitrogen and oxygen atoms in total. The molecular formula is C21H26N4O2S. The third kappa shape index (κ3) is 4.79. The molecule has 0 unspecified atom stereocenters. The van der Waals surface area contributed by atoms with Crippen LogP contribution >= 0.6 is 11.3 Å². The fourth-order valence-electron chi connectivity index (χ4n) is 3.78. The third-order valence-electron chi connectivity index (χ3n) is 5.33. The van der Waals surface area contributed by atoms with Crippen molar-refractivity contribution in [3.05, 3.63) is 46.7 Å². The maximum atomic E-state index is 12.4. The summed E-state index contributed by atoms with van der Waals surface area (Å²) in [6.07, 6.45) is 1.54. The molecule has 1 aromatic heterocycles. The Labute approximate surface area is 169 Å². The van der Waals surface area contributed by atoms with E-state index in [2.05, 4.69) is 32.6 Å². The van der Waals surface area contributed by atoms with Gasteiger partial charge >= 0.3 is 0 Å². The second kappa shape index (κ2) is 8.86. The molecule has 2 fully saturated rings. The molecule has 0 atom stereocenters. The second-order valence-electron chi connectivity index (χ2n) is 7.38. The molecule has 0 saturated carbocycles. The van der Waals surface area contributed by atoms with Crippen LogP contribution < -0.4 is 10.2 Å². The summed E-state index contributed by atoms with van der Waals surface area (Å²) < 4.78 is 0. The van der Waals surface area contributed by atoms with E-state index in [1.807, 2.05) is 24.3 Å². The number of anilines is 2. The van der Waals surface area contributed by atoms with Crippen LogP contribution in [0.5, 0.6) is 0 Å². The van der Waals surface area contributed by atoms with E-state index in [4.69, 9.17) is 0 Å². The highest BCUT2D eigenvalue weighted by molar-refractivity contribution is 7.09. The van der Waals surface area contributed by atoms with Crippen LogP contribution in [0.4, 0.5) is 11.4 Å². The van der Waals surface area contributed by atoms with Gasteiger partial charge in [-0.2, -0.15) is 0 Å². The van der Waals surface area contributed by atoms with Gasteiger partial charge in [0.2, 0.25) is 11.8 Å². The van der Waals surface area contributed by atoms with Crippen LogP contribution in [0.1, 0.15) is 17.7 Å². The number of thiophene rings is 1. The Morgan fingerprint density at radius 3 is 2.39 bits per heavy atom. The lowest BCUT2D eigenvalue weighted by Gasteiger charge is -2.34. The summed E-state index contributed by atoms with van der Waals surface area (Å²) in [5.74, 6) is 0.187. The summed E-state index contributed by atoms with van der Waals surface area (Å²) in [6, 6.07) is 11.8. The molecule has 148 valence electrons. The highest BCUT2D eigenvalue weighted by atomic mass is 32.1. The van der Waals surface area contributed by atoms with Crippen molar-refractivity contribution < 1.29 is 9.59 Å². The minimum absolute atomic E-state index is 0.0108. The first kappa shape index (κ1) is 19.1.